The van der Waals surface area contributed by atoms with E-state index in [9.17, 15) is 4.79 Å². The highest BCUT2D eigenvalue weighted by Gasteiger charge is 2.23. The zero-order valence-electron chi connectivity index (χ0n) is 11.4. The van der Waals surface area contributed by atoms with E-state index in [1.807, 2.05) is 23.1 Å². The second kappa shape index (κ2) is 7.29. The molecule has 0 heterocycles. The third kappa shape index (κ3) is 4.35. The summed E-state index contributed by atoms with van der Waals surface area (Å²) in [5.74, 6) is 0.792. The van der Waals surface area contributed by atoms with Gasteiger partial charge in [0.1, 0.15) is 0 Å². The number of rotatable bonds is 7. The van der Waals surface area contributed by atoms with Gasteiger partial charge >= 0.3 is 0 Å². The lowest BCUT2D eigenvalue weighted by Crippen LogP contribution is -2.37. The topological polar surface area (TPSA) is 40.5 Å². The highest BCUT2D eigenvalue weighted by atomic mass is 16.3. The number of hydrogen-bond donors (Lipinski definition) is 1. The molecule has 1 amide bonds. The van der Waals surface area contributed by atoms with Crippen molar-refractivity contribution < 1.29 is 9.90 Å². The van der Waals surface area contributed by atoms with Gasteiger partial charge in [-0.1, -0.05) is 36.8 Å². The van der Waals surface area contributed by atoms with Crippen LogP contribution in [0.1, 0.15) is 31.2 Å². The first-order valence-corrected chi connectivity index (χ1v) is 7.22. The van der Waals surface area contributed by atoms with Gasteiger partial charge in [0.05, 0.1) is 6.61 Å². The molecule has 1 aromatic rings. The van der Waals surface area contributed by atoms with Crippen LogP contribution in [0.25, 0.3) is 0 Å². The summed E-state index contributed by atoms with van der Waals surface area (Å²) in [6, 6.07) is 10.2. The third-order valence-electron chi connectivity index (χ3n) is 3.92. The van der Waals surface area contributed by atoms with Crippen LogP contribution in [-0.2, 0) is 11.2 Å². The Labute approximate surface area is 115 Å². The van der Waals surface area contributed by atoms with Crippen molar-refractivity contribution >= 4 is 5.91 Å². The number of carbonyl (C=O) groups is 1. The van der Waals surface area contributed by atoms with Gasteiger partial charge in [0.25, 0.3) is 0 Å². The molecule has 0 aliphatic heterocycles. The Morgan fingerprint density at radius 3 is 2.53 bits per heavy atom. The summed E-state index contributed by atoms with van der Waals surface area (Å²) in [6.07, 6.45) is 5.17. The molecule has 104 valence electrons. The van der Waals surface area contributed by atoms with Gasteiger partial charge in [-0.3, -0.25) is 4.79 Å². The van der Waals surface area contributed by atoms with Crippen molar-refractivity contribution in [3.8, 4) is 0 Å². The van der Waals surface area contributed by atoms with Crippen molar-refractivity contribution in [2.24, 2.45) is 5.92 Å². The zero-order valence-corrected chi connectivity index (χ0v) is 11.4. The minimum absolute atomic E-state index is 0.0468. The SMILES string of the molecule is O=C(CC1CCC1)N(CCO)CCc1ccccc1. The Hall–Kier alpha value is -1.35. The first-order chi connectivity index (χ1) is 9.29. The van der Waals surface area contributed by atoms with Crippen LogP contribution in [0.15, 0.2) is 30.3 Å². The molecule has 3 nitrogen and oxygen atoms in total. The number of hydrogen-bond acceptors (Lipinski definition) is 2. The molecule has 0 atom stereocenters. The lowest BCUT2D eigenvalue weighted by molar-refractivity contribution is -0.133. The molecular weight excluding hydrogens is 238 g/mol. The second-order valence-corrected chi connectivity index (χ2v) is 5.34. The van der Waals surface area contributed by atoms with Crippen molar-refractivity contribution in [1.29, 1.82) is 0 Å². The molecule has 2 rings (SSSR count). The minimum Gasteiger partial charge on any atom is -0.395 e. The summed E-state index contributed by atoms with van der Waals surface area (Å²) in [5.41, 5.74) is 1.24. The van der Waals surface area contributed by atoms with Crippen LogP contribution in [0.3, 0.4) is 0 Å². The summed E-state index contributed by atoms with van der Waals surface area (Å²) in [5, 5.41) is 9.09. The van der Waals surface area contributed by atoms with E-state index in [0.717, 1.165) is 6.42 Å². The van der Waals surface area contributed by atoms with Gasteiger partial charge in [0.15, 0.2) is 0 Å². The van der Waals surface area contributed by atoms with Gasteiger partial charge in [-0.25, -0.2) is 0 Å². The summed E-state index contributed by atoms with van der Waals surface area (Å²) in [4.78, 5) is 14.0. The number of benzene rings is 1. The standard InChI is InChI=1S/C16H23NO2/c18-12-11-17(16(19)13-15-7-4-8-15)10-9-14-5-2-1-3-6-14/h1-3,5-6,15,18H,4,7-13H2. The number of nitrogens with zero attached hydrogens (tertiary/aromatic N) is 1. The summed E-state index contributed by atoms with van der Waals surface area (Å²) in [7, 11) is 0. The van der Waals surface area contributed by atoms with Crippen LogP contribution in [0.2, 0.25) is 0 Å². The predicted molar refractivity (Wildman–Crippen MR) is 75.8 cm³/mol. The molecule has 19 heavy (non-hydrogen) atoms. The molecule has 1 fully saturated rings. The number of amides is 1. The molecule has 1 aliphatic carbocycles. The number of aliphatic hydroxyl groups is 1. The molecule has 0 spiro atoms. The summed E-state index contributed by atoms with van der Waals surface area (Å²) < 4.78 is 0. The van der Waals surface area contributed by atoms with E-state index in [1.165, 1.54) is 24.8 Å². The van der Waals surface area contributed by atoms with Crippen molar-refractivity contribution in [1.82, 2.24) is 4.90 Å². The highest BCUT2D eigenvalue weighted by Crippen LogP contribution is 2.29. The van der Waals surface area contributed by atoms with E-state index in [-0.39, 0.29) is 12.5 Å². The van der Waals surface area contributed by atoms with Gasteiger partial charge in [-0.05, 0) is 30.7 Å². The Morgan fingerprint density at radius 1 is 1.21 bits per heavy atom. The zero-order chi connectivity index (χ0) is 13.5. The maximum Gasteiger partial charge on any atom is 0.222 e. The third-order valence-corrected chi connectivity index (χ3v) is 3.92. The molecule has 1 aromatic carbocycles. The average Bonchev–Trinajstić information content (AvgIpc) is 2.39. The first kappa shape index (κ1) is 14.1. The number of aliphatic hydroxyl groups excluding tert-OH is 1. The van der Waals surface area contributed by atoms with Gasteiger partial charge in [0, 0.05) is 19.5 Å². The summed E-state index contributed by atoms with van der Waals surface area (Å²) in [6.45, 7) is 1.21. The van der Waals surface area contributed by atoms with E-state index >= 15 is 0 Å². The fourth-order valence-electron chi connectivity index (χ4n) is 2.46. The molecule has 0 unspecified atom stereocenters. The molecule has 0 aromatic heterocycles. The monoisotopic (exact) mass is 261 g/mol. The van der Waals surface area contributed by atoms with Crippen molar-refractivity contribution in [2.75, 3.05) is 19.7 Å². The van der Waals surface area contributed by atoms with Crippen molar-refractivity contribution in [2.45, 2.75) is 32.1 Å². The Morgan fingerprint density at radius 2 is 1.95 bits per heavy atom. The molecule has 3 heteroatoms. The lowest BCUT2D eigenvalue weighted by Gasteiger charge is -2.28. The maximum atomic E-state index is 12.2. The van der Waals surface area contributed by atoms with Crippen LogP contribution < -0.4 is 0 Å². The number of carbonyl (C=O) groups excluding carboxylic acids is 1. The van der Waals surface area contributed by atoms with Gasteiger partial charge in [-0.2, -0.15) is 0 Å². The van der Waals surface area contributed by atoms with Gasteiger partial charge < -0.3 is 10.0 Å². The quantitative estimate of drug-likeness (QED) is 0.817. The lowest BCUT2D eigenvalue weighted by atomic mass is 9.82. The van der Waals surface area contributed by atoms with E-state index in [2.05, 4.69) is 12.1 Å². The Balaban J connectivity index is 1.82. The van der Waals surface area contributed by atoms with Crippen LogP contribution in [-0.4, -0.2) is 35.6 Å². The largest absolute Gasteiger partial charge is 0.395 e. The summed E-state index contributed by atoms with van der Waals surface area (Å²) >= 11 is 0. The fourth-order valence-corrected chi connectivity index (χ4v) is 2.46. The van der Waals surface area contributed by atoms with E-state index in [0.29, 0.717) is 25.4 Å². The van der Waals surface area contributed by atoms with Crippen LogP contribution in [0, 0.1) is 5.92 Å². The smallest absolute Gasteiger partial charge is 0.222 e. The van der Waals surface area contributed by atoms with E-state index in [4.69, 9.17) is 5.11 Å². The average molecular weight is 261 g/mol. The molecule has 0 saturated heterocycles. The minimum atomic E-state index is 0.0468. The van der Waals surface area contributed by atoms with E-state index in [1.54, 1.807) is 0 Å². The maximum absolute atomic E-state index is 12.2. The Kier molecular flexibility index (Phi) is 5.40. The molecular formula is C16H23NO2. The molecule has 1 aliphatic rings. The molecule has 0 bridgehead atoms. The van der Waals surface area contributed by atoms with Gasteiger partial charge in [-0.15, -0.1) is 0 Å². The van der Waals surface area contributed by atoms with Crippen molar-refractivity contribution in [3.05, 3.63) is 35.9 Å². The second-order valence-electron chi connectivity index (χ2n) is 5.34. The first-order valence-electron chi connectivity index (χ1n) is 7.22. The predicted octanol–water partition coefficient (Wildman–Crippen LogP) is 2.24. The van der Waals surface area contributed by atoms with Crippen LogP contribution in [0.4, 0.5) is 0 Å². The van der Waals surface area contributed by atoms with Crippen LogP contribution >= 0.6 is 0 Å². The van der Waals surface area contributed by atoms with Gasteiger partial charge in [0.2, 0.25) is 5.91 Å². The fraction of sp³-hybridized carbons (Fsp3) is 0.562. The molecule has 0 radical (unpaired) electrons. The highest BCUT2D eigenvalue weighted by molar-refractivity contribution is 5.76. The normalized spacial score (nSPS) is 15.0. The van der Waals surface area contributed by atoms with E-state index < -0.39 is 0 Å². The van der Waals surface area contributed by atoms with Crippen molar-refractivity contribution in [3.63, 3.8) is 0 Å². The Bertz CT molecular complexity index is 387. The van der Waals surface area contributed by atoms with Crippen LogP contribution in [0.5, 0.6) is 0 Å². The molecule has 1 saturated carbocycles. The molecule has 1 N–H and O–H groups in total.